The molecule has 0 bridgehead atoms. The molecule has 0 amide bonds. The maximum atomic E-state index is 5.85. The van der Waals surface area contributed by atoms with Gasteiger partial charge in [0.2, 0.25) is 0 Å². The van der Waals surface area contributed by atoms with Crippen molar-refractivity contribution in [2.75, 3.05) is 26.2 Å². The van der Waals surface area contributed by atoms with Crippen LogP contribution >= 0.6 is 0 Å². The lowest BCUT2D eigenvalue weighted by Crippen LogP contribution is -2.33. The second-order valence-corrected chi connectivity index (χ2v) is 4.71. The molecule has 0 radical (unpaired) electrons. The van der Waals surface area contributed by atoms with Crippen molar-refractivity contribution in [3.8, 4) is 5.75 Å². The van der Waals surface area contributed by atoms with E-state index >= 15 is 0 Å². The van der Waals surface area contributed by atoms with Crippen LogP contribution < -0.4 is 15.8 Å². The van der Waals surface area contributed by atoms with E-state index in [0.29, 0.717) is 12.5 Å². The number of piperidine rings is 1. The number of ether oxygens (including phenoxy) is 1. The SMILES string of the molecule is NCCc1cccc(OCC2CCCNC2)c1. The second kappa shape index (κ2) is 6.62. The van der Waals surface area contributed by atoms with E-state index < -0.39 is 0 Å². The highest BCUT2D eigenvalue weighted by Gasteiger charge is 2.13. The molecule has 1 aliphatic rings. The molecule has 1 aliphatic heterocycles. The molecule has 1 aromatic rings. The summed E-state index contributed by atoms with van der Waals surface area (Å²) < 4.78 is 5.85. The van der Waals surface area contributed by atoms with Crippen molar-refractivity contribution >= 4 is 0 Å². The fourth-order valence-corrected chi connectivity index (χ4v) is 2.24. The summed E-state index contributed by atoms with van der Waals surface area (Å²) in [7, 11) is 0. The summed E-state index contributed by atoms with van der Waals surface area (Å²) in [6.07, 6.45) is 3.46. The number of rotatable bonds is 5. The Kier molecular flexibility index (Phi) is 4.83. The van der Waals surface area contributed by atoms with Gasteiger partial charge in [-0.3, -0.25) is 0 Å². The van der Waals surface area contributed by atoms with E-state index in [1.165, 1.54) is 18.4 Å². The van der Waals surface area contributed by atoms with E-state index in [1.54, 1.807) is 0 Å². The van der Waals surface area contributed by atoms with Gasteiger partial charge in [-0.15, -0.1) is 0 Å². The van der Waals surface area contributed by atoms with Gasteiger partial charge in [0.25, 0.3) is 0 Å². The molecule has 0 aliphatic carbocycles. The van der Waals surface area contributed by atoms with E-state index in [1.807, 2.05) is 12.1 Å². The predicted molar refractivity (Wildman–Crippen MR) is 70.3 cm³/mol. The lowest BCUT2D eigenvalue weighted by atomic mass is 10.0. The van der Waals surface area contributed by atoms with Crippen LogP contribution in [0.3, 0.4) is 0 Å². The maximum Gasteiger partial charge on any atom is 0.119 e. The Morgan fingerprint density at radius 1 is 1.41 bits per heavy atom. The van der Waals surface area contributed by atoms with Crippen LogP contribution in [0.2, 0.25) is 0 Å². The molecule has 3 heteroatoms. The monoisotopic (exact) mass is 234 g/mol. The van der Waals surface area contributed by atoms with E-state index in [0.717, 1.165) is 31.9 Å². The Bertz CT molecular complexity index is 335. The number of hydrogen-bond acceptors (Lipinski definition) is 3. The van der Waals surface area contributed by atoms with E-state index in [9.17, 15) is 0 Å². The molecule has 3 nitrogen and oxygen atoms in total. The van der Waals surface area contributed by atoms with Gasteiger partial charge in [-0.1, -0.05) is 12.1 Å². The Hall–Kier alpha value is -1.06. The Morgan fingerprint density at radius 3 is 3.12 bits per heavy atom. The van der Waals surface area contributed by atoms with E-state index in [4.69, 9.17) is 10.5 Å². The highest BCUT2D eigenvalue weighted by Crippen LogP contribution is 2.16. The van der Waals surface area contributed by atoms with Crippen molar-refractivity contribution in [3.05, 3.63) is 29.8 Å². The molecule has 0 aromatic heterocycles. The second-order valence-electron chi connectivity index (χ2n) is 4.71. The molecule has 1 aromatic carbocycles. The van der Waals surface area contributed by atoms with Gasteiger partial charge in [-0.25, -0.2) is 0 Å². The van der Waals surface area contributed by atoms with Crippen LogP contribution in [-0.4, -0.2) is 26.2 Å². The molecule has 0 saturated carbocycles. The van der Waals surface area contributed by atoms with Crippen LogP contribution in [0.15, 0.2) is 24.3 Å². The highest BCUT2D eigenvalue weighted by molar-refractivity contribution is 5.28. The topological polar surface area (TPSA) is 47.3 Å². The highest BCUT2D eigenvalue weighted by atomic mass is 16.5. The van der Waals surface area contributed by atoms with Crippen molar-refractivity contribution in [3.63, 3.8) is 0 Å². The number of benzene rings is 1. The Morgan fingerprint density at radius 2 is 2.35 bits per heavy atom. The average molecular weight is 234 g/mol. The van der Waals surface area contributed by atoms with Crippen molar-refractivity contribution in [2.45, 2.75) is 19.3 Å². The summed E-state index contributed by atoms with van der Waals surface area (Å²) in [6.45, 7) is 3.75. The summed E-state index contributed by atoms with van der Waals surface area (Å²) in [5.41, 5.74) is 6.81. The summed E-state index contributed by atoms with van der Waals surface area (Å²) >= 11 is 0. The van der Waals surface area contributed by atoms with Gasteiger partial charge in [-0.05, 0) is 50.0 Å². The average Bonchev–Trinajstić information content (AvgIpc) is 2.39. The van der Waals surface area contributed by atoms with Crippen molar-refractivity contribution < 1.29 is 4.74 Å². The lowest BCUT2D eigenvalue weighted by molar-refractivity contribution is 0.218. The van der Waals surface area contributed by atoms with Crippen LogP contribution in [0.4, 0.5) is 0 Å². The summed E-state index contributed by atoms with van der Waals surface area (Å²) in [4.78, 5) is 0. The van der Waals surface area contributed by atoms with Crippen LogP contribution in [0.25, 0.3) is 0 Å². The minimum atomic E-state index is 0.655. The number of nitrogens with one attached hydrogen (secondary N) is 1. The third-order valence-electron chi connectivity index (χ3n) is 3.22. The first-order chi connectivity index (χ1) is 8.38. The minimum Gasteiger partial charge on any atom is -0.493 e. The Balaban J connectivity index is 1.83. The molecule has 1 fully saturated rings. The smallest absolute Gasteiger partial charge is 0.119 e. The molecule has 94 valence electrons. The van der Waals surface area contributed by atoms with Gasteiger partial charge < -0.3 is 15.8 Å². The fourth-order valence-electron chi connectivity index (χ4n) is 2.24. The first kappa shape index (κ1) is 12.4. The van der Waals surface area contributed by atoms with Crippen molar-refractivity contribution in [2.24, 2.45) is 11.7 Å². The predicted octanol–water partition coefficient (Wildman–Crippen LogP) is 1.57. The molecule has 0 spiro atoms. The molecule has 1 unspecified atom stereocenters. The van der Waals surface area contributed by atoms with Gasteiger partial charge >= 0.3 is 0 Å². The summed E-state index contributed by atoms with van der Waals surface area (Å²) in [5.74, 6) is 1.63. The molecular weight excluding hydrogens is 212 g/mol. The molecule has 1 atom stereocenters. The first-order valence-electron chi connectivity index (χ1n) is 6.51. The van der Waals surface area contributed by atoms with Crippen molar-refractivity contribution in [1.29, 1.82) is 0 Å². The molecule has 1 heterocycles. The number of nitrogens with two attached hydrogens (primary N) is 1. The normalized spacial score (nSPS) is 20.2. The van der Waals surface area contributed by atoms with Gasteiger partial charge in [-0.2, -0.15) is 0 Å². The summed E-state index contributed by atoms with van der Waals surface area (Å²) in [6, 6.07) is 8.26. The number of hydrogen-bond donors (Lipinski definition) is 2. The van der Waals surface area contributed by atoms with Crippen LogP contribution in [-0.2, 0) is 6.42 Å². The summed E-state index contributed by atoms with van der Waals surface area (Å²) in [5, 5.41) is 3.41. The zero-order chi connectivity index (χ0) is 11.9. The molecule has 1 saturated heterocycles. The quantitative estimate of drug-likeness (QED) is 0.813. The molecule has 2 rings (SSSR count). The molecule has 17 heavy (non-hydrogen) atoms. The molecule has 3 N–H and O–H groups in total. The van der Waals surface area contributed by atoms with Gasteiger partial charge in [0.15, 0.2) is 0 Å². The van der Waals surface area contributed by atoms with E-state index in [2.05, 4.69) is 17.4 Å². The lowest BCUT2D eigenvalue weighted by Gasteiger charge is -2.22. The molecular formula is C14H22N2O. The van der Waals surface area contributed by atoms with Crippen LogP contribution in [0.5, 0.6) is 5.75 Å². The standard InChI is InChI=1S/C14H22N2O/c15-7-6-12-3-1-5-14(9-12)17-11-13-4-2-8-16-10-13/h1,3,5,9,13,16H,2,4,6-8,10-11,15H2. The van der Waals surface area contributed by atoms with E-state index in [-0.39, 0.29) is 0 Å². The Labute approximate surface area is 103 Å². The fraction of sp³-hybridized carbons (Fsp3) is 0.571. The van der Waals surface area contributed by atoms with Crippen LogP contribution in [0, 0.1) is 5.92 Å². The zero-order valence-electron chi connectivity index (χ0n) is 10.3. The third kappa shape index (κ3) is 4.02. The van der Waals surface area contributed by atoms with Gasteiger partial charge in [0.1, 0.15) is 5.75 Å². The van der Waals surface area contributed by atoms with Crippen LogP contribution in [0.1, 0.15) is 18.4 Å². The maximum absolute atomic E-state index is 5.85. The first-order valence-corrected chi connectivity index (χ1v) is 6.51. The largest absolute Gasteiger partial charge is 0.493 e. The zero-order valence-corrected chi connectivity index (χ0v) is 10.3. The third-order valence-corrected chi connectivity index (χ3v) is 3.22. The minimum absolute atomic E-state index is 0.655. The van der Waals surface area contributed by atoms with Gasteiger partial charge in [0.05, 0.1) is 6.61 Å². The van der Waals surface area contributed by atoms with Crippen molar-refractivity contribution in [1.82, 2.24) is 5.32 Å². The van der Waals surface area contributed by atoms with Gasteiger partial charge in [0, 0.05) is 12.5 Å².